The highest BCUT2D eigenvalue weighted by Crippen LogP contribution is 2.02. The van der Waals surface area contributed by atoms with Gasteiger partial charge in [-0.2, -0.15) is 0 Å². The zero-order chi connectivity index (χ0) is 10.4. The van der Waals surface area contributed by atoms with E-state index in [9.17, 15) is 9.59 Å². The summed E-state index contributed by atoms with van der Waals surface area (Å²) >= 11 is 0. The minimum absolute atomic E-state index is 0.00907. The van der Waals surface area contributed by atoms with Gasteiger partial charge in [0.15, 0.2) is 0 Å². The van der Waals surface area contributed by atoms with Crippen LogP contribution in [0, 0.1) is 0 Å². The lowest BCUT2D eigenvalue weighted by molar-refractivity contribution is -0.147. The number of esters is 1. The van der Waals surface area contributed by atoms with Gasteiger partial charge in [-0.15, -0.1) is 0 Å². The van der Waals surface area contributed by atoms with E-state index in [1.165, 1.54) is 4.90 Å². The molecule has 0 N–H and O–H groups in total. The molecule has 1 amide bonds. The zero-order valence-corrected chi connectivity index (χ0v) is 8.10. The van der Waals surface area contributed by atoms with E-state index in [1.807, 2.05) is 0 Å². The minimum Gasteiger partial charge on any atom is -0.465 e. The Morgan fingerprint density at radius 2 is 2.36 bits per heavy atom. The number of hydrogen-bond acceptors (Lipinski definition) is 3. The molecule has 0 aromatic rings. The van der Waals surface area contributed by atoms with Crippen molar-refractivity contribution < 1.29 is 14.3 Å². The van der Waals surface area contributed by atoms with Gasteiger partial charge >= 0.3 is 5.97 Å². The van der Waals surface area contributed by atoms with Gasteiger partial charge in [-0.05, 0) is 13.0 Å². The second kappa shape index (κ2) is 5.21. The van der Waals surface area contributed by atoms with Crippen molar-refractivity contribution in [2.24, 2.45) is 0 Å². The van der Waals surface area contributed by atoms with Crippen LogP contribution in [0.4, 0.5) is 0 Å². The Labute approximate surface area is 82.8 Å². The molecule has 0 saturated carbocycles. The number of carbonyl (C=O) groups is 2. The summed E-state index contributed by atoms with van der Waals surface area (Å²) in [5, 5.41) is 0. The molecule has 4 nitrogen and oxygen atoms in total. The molecule has 1 aliphatic heterocycles. The molecule has 1 rings (SSSR count). The maximum atomic E-state index is 11.4. The van der Waals surface area contributed by atoms with Crippen LogP contribution in [0.2, 0.25) is 0 Å². The second-order valence-corrected chi connectivity index (χ2v) is 2.80. The fourth-order valence-corrected chi connectivity index (χ4v) is 1.09. The molecule has 0 saturated heterocycles. The lowest BCUT2D eigenvalue weighted by Gasteiger charge is -2.15. The smallest absolute Gasteiger partial charge is 0.326 e. The molecule has 0 fully saturated rings. The average Bonchev–Trinajstić information content (AvgIpc) is 2.33. The van der Waals surface area contributed by atoms with Crippen LogP contribution in [0.15, 0.2) is 24.4 Å². The first-order valence-corrected chi connectivity index (χ1v) is 4.52. The van der Waals surface area contributed by atoms with Gasteiger partial charge in [-0.3, -0.25) is 9.59 Å². The van der Waals surface area contributed by atoms with Gasteiger partial charge in [0.2, 0.25) is 5.91 Å². The van der Waals surface area contributed by atoms with Crippen LogP contribution < -0.4 is 0 Å². The normalized spacial score (nSPS) is 15.5. The SMILES string of the molecule is CCOC(=O)CN1C=CC=CCC1=O. The molecule has 0 radical (unpaired) electrons. The van der Waals surface area contributed by atoms with Crippen LogP contribution >= 0.6 is 0 Å². The summed E-state index contributed by atoms with van der Waals surface area (Å²) in [6.07, 6.45) is 7.17. The van der Waals surface area contributed by atoms with E-state index in [-0.39, 0.29) is 18.4 Å². The number of rotatable bonds is 3. The van der Waals surface area contributed by atoms with Crippen molar-refractivity contribution in [3.8, 4) is 0 Å². The Morgan fingerprint density at radius 1 is 1.57 bits per heavy atom. The maximum absolute atomic E-state index is 11.4. The molecule has 0 aliphatic carbocycles. The zero-order valence-electron chi connectivity index (χ0n) is 8.10. The Morgan fingerprint density at radius 3 is 3.07 bits per heavy atom. The number of allylic oxidation sites excluding steroid dienone is 2. The molecule has 4 heteroatoms. The van der Waals surface area contributed by atoms with Crippen LogP contribution in [-0.2, 0) is 14.3 Å². The second-order valence-electron chi connectivity index (χ2n) is 2.80. The lowest BCUT2D eigenvalue weighted by Crippen LogP contribution is -2.31. The molecule has 0 aromatic heterocycles. The van der Waals surface area contributed by atoms with Crippen molar-refractivity contribution in [2.75, 3.05) is 13.2 Å². The summed E-state index contributed by atoms with van der Waals surface area (Å²) in [6, 6.07) is 0. The molecule has 0 spiro atoms. The van der Waals surface area contributed by atoms with Crippen molar-refractivity contribution in [1.82, 2.24) is 4.90 Å². The number of nitrogens with zero attached hydrogens (tertiary/aromatic N) is 1. The summed E-state index contributed by atoms with van der Waals surface area (Å²) in [7, 11) is 0. The predicted octanol–water partition coefficient (Wildman–Crippen LogP) is 0.852. The van der Waals surface area contributed by atoms with E-state index in [0.717, 1.165) is 0 Å². The van der Waals surface area contributed by atoms with Crippen molar-refractivity contribution in [1.29, 1.82) is 0 Å². The monoisotopic (exact) mass is 195 g/mol. The molecular weight excluding hydrogens is 182 g/mol. The van der Waals surface area contributed by atoms with E-state index in [0.29, 0.717) is 13.0 Å². The van der Waals surface area contributed by atoms with Gasteiger partial charge in [0.05, 0.1) is 6.61 Å². The number of hydrogen-bond donors (Lipinski definition) is 0. The molecule has 0 aromatic carbocycles. The van der Waals surface area contributed by atoms with E-state index >= 15 is 0 Å². The van der Waals surface area contributed by atoms with Crippen molar-refractivity contribution >= 4 is 11.9 Å². The quantitative estimate of drug-likeness (QED) is 0.627. The molecule has 1 aliphatic rings. The summed E-state index contributed by atoms with van der Waals surface area (Å²) in [6.45, 7) is 2.06. The largest absolute Gasteiger partial charge is 0.465 e. The van der Waals surface area contributed by atoms with Gasteiger partial charge in [0.1, 0.15) is 6.54 Å². The first-order valence-electron chi connectivity index (χ1n) is 4.52. The first-order chi connectivity index (χ1) is 6.74. The molecule has 76 valence electrons. The fraction of sp³-hybridized carbons (Fsp3) is 0.400. The Balaban J connectivity index is 2.51. The molecule has 0 bridgehead atoms. The average molecular weight is 195 g/mol. The number of ether oxygens (including phenoxy) is 1. The third-order valence-electron chi connectivity index (χ3n) is 1.73. The van der Waals surface area contributed by atoms with E-state index < -0.39 is 0 Å². The van der Waals surface area contributed by atoms with Crippen LogP contribution in [-0.4, -0.2) is 29.9 Å². The van der Waals surface area contributed by atoms with Gasteiger partial charge in [-0.25, -0.2) is 0 Å². The third kappa shape index (κ3) is 3.05. The summed E-state index contributed by atoms with van der Waals surface area (Å²) < 4.78 is 4.75. The van der Waals surface area contributed by atoms with E-state index in [1.54, 1.807) is 31.4 Å². The van der Waals surface area contributed by atoms with Gasteiger partial charge < -0.3 is 9.64 Å². The topological polar surface area (TPSA) is 46.6 Å². The highest BCUT2D eigenvalue weighted by atomic mass is 16.5. The number of carbonyl (C=O) groups excluding carboxylic acids is 2. The van der Waals surface area contributed by atoms with Crippen LogP contribution in [0.1, 0.15) is 13.3 Å². The van der Waals surface area contributed by atoms with E-state index in [2.05, 4.69) is 0 Å². The Bertz CT molecular complexity index is 281. The van der Waals surface area contributed by atoms with Crippen molar-refractivity contribution in [2.45, 2.75) is 13.3 Å². The Kier molecular flexibility index (Phi) is 3.91. The summed E-state index contributed by atoms with van der Waals surface area (Å²) in [5.74, 6) is -0.476. The minimum atomic E-state index is -0.382. The van der Waals surface area contributed by atoms with Gasteiger partial charge in [0, 0.05) is 12.6 Å². The fourth-order valence-electron chi connectivity index (χ4n) is 1.09. The Hall–Kier alpha value is -1.58. The maximum Gasteiger partial charge on any atom is 0.326 e. The molecule has 0 atom stereocenters. The van der Waals surface area contributed by atoms with Crippen LogP contribution in [0.3, 0.4) is 0 Å². The van der Waals surface area contributed by atoms with Crippen LogP contribution in [0.25, 0.3) is 0 Å². The molecular formula is C10H13NO3. The summed E-state index contributed by atoms with van der Waals surface area (Å²) in [5.41, 5.74) is 0. The van der Waals surface area contributed by atoms with Crippen molar-refractivity contribution in [3.63, 3.8) is 0 Å². The van der Waals surface area contributed by atoms with E-state index in [4.69, 9.17) is 4.74 Å². The van der Waals surface area contributed by atoms with Crippen LogP contribution in [0.5, 0.6) is 0 Å². The lowest BCUT2D eigenvalue weighted by atomic mass is 10.3. The van der Waals surface area contributed by atoms with Crippen molar-refractivity contribution in [3.05, 3.63) is 24.4 Å². The predicted molar refractivity (Wildman–Crippen MR) is 51.2 cm³/mol. The first kappa shape index (κ1) is 10.5. The molecule has 0 unspecified atom stereocenters. The third-order valence-corrected chi connectivity index (χ3v) is 1.73. The van der Waals surface area contributed by atoms with Gasteiger partial charge in [0.25, 0.3) is 0 Å². The highest BCUT2D eigenvalue weighted by Gasteiger charge is 2.14. The molecule has 14 heavy (non-hydrogen) atoms. The molecule has 1 heterocycles. The van der Waals surface area contributed by atoms with Gasteiger partial charge in [-0.1, -0.05) is 12.2 Å². The summed E-state index contributed by atoms with van der Waals surface area (Å²) in [4.78, 5) is 23.8. The standard InChI is InChI=1S/C10H13NO3/c1-2-14-10(13)8-11-7-5-3-4-6-9(11)12/h3-5,7H,2,6,8H2,1H3. The number of amides is 1. The highest BCUT2D eigenvalue weighted by molar-refractivity contribution is 5.84.